The van der Waals surface area contributed by atoms with Gasteiger partial charge in [-0.2, -0.15) is 0 Å². The molecule has 0 aliphatic carbocycles. The van der Waals surface area contributed by atoms with Gasteiger partial charge >= 0.3 is 0 Å². The van der Waals surface area contributed by atoms with E-state index in [0.29, 0.717) is 5.82 Å². The largest absolute Gasteiger partial charge is 0.310 e. The summed E-state index contributed by atoms with van der Waals surface area (Å²) in [7, 11) is 0. The summed E-state index contributed by atoms with van der Waals surface area (Å²) >= 11 is 0. The Kier molecular flexibility index (Phi) is 9.14. The average Bonchev–Trinajstić information content (AvgIpc) is 3.35. The Labute approximate surface area is 354 Å². The molecule has 0 spiro atoms. The number of anilines is 3. The van der Waals surface area contributed by atoms with E-state index >= 15 is 0 Å². The fourth-order valence-electron chi connectivity index (χ4n) is 8.57. The van der Waals surface area contributed by atoms with Gasteiger partial charge in [-0.15, -0.1) is 0 Å². The molecule has 0 bridgehead atoms. The Morgan fingerprint density at radius 2 is 0.836 bits per heavy atom. The van der Waals surface area contributed by atoms with Gasteiger partial charge in [0, 0.05) is 49.8 Å². The zero-order valence-electron chi connectivity index (χ0n) is 33.2. The molecule has 61 heavy (non-hydrogen) atoms. The first-order valence-electron chi connectivity index (χ1n) is 20.6. The molecule has 0 aliphatic heterocycles. The molecule has 2 aromatic heterocycles. The maximum absolute atomic E-state index is 5.75. The van der Waals surface area contributed by atoms with Crippen LogP contribution >= 0.6 is 0 Å². The Morgan fingerprint density at radius 3 is 1.49 bits per heavy atom. The van der Waals surface area contributed by atoms with Crippen LogP contribution in [0, 0.1) is 0 Å². The lowest BCUT2D eigenvalue weighted by Crippen LogP contribution is -2.11. The Bertz CT molecular complexity index is 3280. The van der Waals surface area contributed by atoms with E-state index in [1.807, 2.05) is 12.1 Å². The second kappa shape index (κ2) is 15.5. The summed E-state index contributed by atoms with van der Waals surface area (Å²) in [5, 5.41) is 5.59. The van der Waals surface area contributed by atoms with Crippen LogP contribution < -0.4 is 4.90 Å². The molecular weight excluding hydrogens is 741 g/mol. The van der Waals surface area contributed by atoms with Gasteiger partial charge in [0.05, 0.1) is 28.3 Å². The number of hydrogen-bond acceptors (Lipinski definition) is 4. The number of fused-ring (bicyclic) bond motifs is 5. The highest BCUT2D eigenvalue weighted by Gasteiger charge is 2.24. The van der Waals surface area contributed by atoms with Gasteiger partial charge in [-0.3, -0.25) is 0 Å². The molecule has 11 rings (SSSR count). The topological polar surface area (TPSA) is 41.9 Å². The van der Waals surface area contributed by atoms with Crippen molar-refractivity contribution in [3.63, 3.8) is 0 Å². The third kappa shape index (κ3) is 6.67. The predicted octanol–water partition coefficient (Wildman–Crippen LogP) is 15.1. The van der Waals surface area contributed by atoms with E-state index < -0.39 is 0 Å². The van der Waals surface area contributed by atoms with Crippen molar-refractivity contribution >= 4 is 49.5 Å². The summed E-state index contributed by atoms with van der Waals surface area (Å²) in [4.78, 5) is 18.7. The molecule has 0 atom stereocenters. The van der Waals surface area contributed by atoms with E-state index in [2.05, 4.69) is 223 Å². The maximum Gasteiger partial charge on any atom is 0.160 e. The molecule has 0 radical (unpaired) electrons. The number of hydrogen-bond donors (Lipinski definition) is 0. The lowest BCUT2D eigenvalue weighted by atomic mass is 9.91. The van der Waals surface area contributed by atoms with E-state index in [-0.39, 0.29) is 0 Å². The highest BCUT2D eigenvalue weighted by Crippen LogP contribution is 2.48. The molecule has 9 aromatic carbocycles. The molecule has 2 heterocycles. The number of pyridine rings is 1. The van der Waals surface area contributed by atoms with Crippen LogP contribution in [0.5, 0.6) is 0 Å². The van der Waals surface area contributed by atoms with Crippen molar-refractivity contribution in [2.75, 3.05) is 4.90 Å². The van der Waals surface area contributed by atoms with Gasteiger partial charge in [-0.1, -0.05) is 194 Å². The first kappa shape index (κ1) is 35.9. The van der Waals surface area contributed by atoms with Crippen LogP contribution in [-0.4, -0.2) is 15.0 Å². The second-order valence-electron chi connectivity index (χ2n) is 15.2. The summed E-state index contributed by atoms with van der Waals surface area (Å²) in [5.74, 6) is 0.658. The molecule has 0 amide bonds. The summed E-state index contributed by atoms with van der Waals surface area (Å²) in [6.45, 7) is 0. The van der Waals surface area contributed by atoms with Gasteiger partial charge in [0.2, 0.25) is 0 Å². The summed E-state index contributed by atoms with van der Waals surface area (Å²) in [5.41, 5.74) is 12.9. The molecular formula is C57H38N4. The van der Waals surface area contributed by atoms with Gasteiger partial charge in [0.1, 0.15) is 0 Å². The number of nitrogens with zero attached hydrogens (tertiary/aromatic N) is 4. The van der Waals surface area contributed by atoms with Crippen LogP contribution in [0.15, 0.2) is 231 Å². The van der Waals surface area contributed by atoms with Crippen molar-refractivity contribution in [1.82, 2.24) is 15.0 Å². The zero-order valence-corrected chi connectivity index (χ0v) is 33.2. The van der Waals surface area contributed by atoms with Crippen molar-refractivity contribution < 1.29 is 0 Å². The van der Waals surface area contributed by atoms with Crippen molar-refractivity contribution in [2.24, 2.45) is 0 Å². The highest BCUT2D eigenvalue weighted by atomic mass is 15.1. The number of benzene rings is 9. The molecule has 286 valence electrons. The quantitative estimate of drug-likeness (QED) is 0.144. The second-order valence-corrected chi connectivity index (χ2v) is 15.2. The molecule has 4 heteroatoms. The van der Waals surface area contributed by atoms with E-state index in [1.54, 1.807) is 0 Å². The summed E-state index contributed by atoms with van der Waals surface area (Å²) < 4.78 is 0. The van der Waals surface area contributed by atoms with Crippen molar-refractivity contribution in [2.45, 2.75) is 0 Å². The van der Waals surface area contributed by atoms with Gasteiger partial charge < -0.3 is 4.90 Å². The van der Waals surface area contributed by atoms with Crippen LogP contribution in [0.1, 0.15) is 0 Å². The average molecular weight is 779 g/mol. The van der Waals surface area contributed by atoms with E-state index in [1.165, 1.54) is 5.56 Å². The lowest BCUT2D eigenvalue weighted by Gasteiger charge is -2.28. The Hall–Kier alpha value is -8.21. The van der Waals surface area contributed by atoms with Gasteiger partial charge in [-0.25, -0.2) is 15.0 Å². The van der Waals surface area contributed by atoms with Crippen LogP contribution in [0.3, 0.4) is 0 Å². The van der Waals surface area contributed by atoms with E-state index in [0.717, 1.165) is 94.4 Å². The number of para-hydroxylation sites is 3. The predicted molar refractivity (Wildman–Crippen MR) is 254 cm³/mol. The highest BCUT2D eigenvalue weighted by molar-refractivity contribution is 6.28. The van der Waals surface area contributed by atoms with Crippen LogP contribution in [0.25, 0.3) is 88.7 Å². The molecule has 0 fully saturated rings. The first-order valence-corrected chi connectivity index (χ1v) is 20.6. The number of aromatic nitrogens is 3. The van der Waals surface area contributed by atoms with Gasteiger partial charge in [0.25, 0.3) is 0 Å². The molecule has 4 nitrogen and oxygen atoms in total. The summed E-state index contributed by atoms with van der Waals surface area (Å²) in [6, 6.07) is 80.9. The third-order valence-electron chi connectivity index (χ3n) is 11.4. The minimum atomic E-state index is 0.658. The minimum Gasteiger partial charge on any atom is -0.310 e. The van der Waals surface area contributed by atoms with Crippen molar-refractivity contribution in [3.8, 4) is 56.3 Å². The maximum atomic E-state index is 5.75. The Morgan fingerprint density at radius 1 is 0.328 bits per heavy atom. The fraction of sp³-hybridized carbons (Fsp3) is 0. The molecule has 0 unspecified atom stereocenters. The molecule has 11 aromatic rings. The zero-order chi connectivity index (χ0) is 40.5. The molecule has 0 N–H and O–H groups in total. The monoisotopic (exact) mass is 778 g/mol. The Balaban J connectivity index is 1.21. The molecule has 0 saturated heterocycles. The number of rotatable bonds is 8. The first-order chi connectivity index (χ1) is 30.3. The van der Waals surface area contributed by atoms with Crippen LogP contribution in [0.4, 0.5) is 17.1 Å². The van der Waals surface area contributed by atoms with Gasteiger partial charge in [0.15, 0.2) is 5.82 Å². The van der Waals surface area contributed by atoms with Crippen molar-refractivity contribution in [1.29, 1.82) is 0 Å². The molecule has 0 aliphatic rings. The standard InChI is InChI=1S/C57H38N4/c1-6-19-39(20-7-1)40-33-35-43(36-34-40)57-58-50(41-21-8-2-9-22-41)38-51(59-57)48-31-18-32-49-53-47-30-17-16-25-44(47)37-52(54(53)55(60-56(48)49)42-23-10-3-11-24-42)61(45-26-12-4-13-27-45)46-28-14-5-15-29-46/h1-38H. The van der Waals surface area contributed by atoms with Crippen LogP contribution in [-0.2, 0) is 0 Å². The normalized spacial score (nSPS) is 11.3. The third-order valence-corrected chi connectivity index (χ3v) is 11.4. The smallest absolute Gasteiger partial charge is 0.160 e. The van der Waals surface area contributed by atoms with E-state index in [4.69, 9.17) is 15.0 Å². The summed E-state index contributed by atoms with van der Waals surface area (Å²) in [6.07, 6.45) is 0. The minimum absolute atomic E-state index is 0.658. The molecule has 0 saturated carbocycles. The van der Waals surface area contributed by atoms with Gasteiger partial charge in [-0.05, 0) is 58.3 Å². The van der Waals surface area contributed by atoms with E-state index in [9.17, 15) is 0 Å². The van der Waals surface area contributed by atoms with Crippen LogP contribution in [0.2, 0.25) is 0 Å². The SMILES string of the molecule is c1ccc(-c2ccc(-c3nc(-c4ccccc4)cc(-c4cccc5c4nc(-c4ccccc4)c4c(N(c6ccccc6)c6ccccc6)cc6ccccc6c45)n3)cc2)cc1. The fourth-order valence-corrected chi connectivity index (χ4v) is 8.57. The van der Waals surface area contributed by atoms with Crippen molar-refractivity contribution in [3.05, 3.63) is 231 Å². The lowest BCUT2D eigenvalue weighted by molar-refractivity contribution is 1.18.